The molecule has 0 unspecified atom stereocenters. The van der Waals surface area contributed by atoms with Crippen LogP contribution in [-0.4, -0.2) is 124 Å². The van der Waals surface area contributed by atoms with Gasteiger partial charge in [0.2, 0.25) is 5.79 Å². The van der Waals surface area contributed by atoms with Gasteiger partial charge in [-0.15, -0.1) is 0 Å². The van der Waals surface area contributed by atoms with Crippen LogP contribution >= 0.6 is 0 Å². The number of cyclic esters (lactones) is 1. The van der Waals surface area contributed by atoms with E-state index in [1.807, 2.05) is 26.0 Å². The SMILES string of the molecule is CO[C@@H]1C[C@H](C[C@@H](C)[C@@H]2CC(=O)[C@H](C)/C=C(\C)[C@@H](O)[C@@H](OC)C(=O)[C@H](C)C[C@H](C)\C=C/C=C/C=C(\C)C(=O)C[C@@H]3CC[C@@H](C)[C@@](O)(O3)C(=O)C(=O)N3CCCC[C@H]3C(=O)O2)CC[C@H]1O. The third-order valence-corrected chi connectivity index (χ3v) is 14.0. The maximum Gasteiger partial charge on any atom is 0.329 e. The van der Waals surface area contributed by atoms with Gasteiger partial charge in [0.15, 0.2) is 11.6 Å². The summed E-state index contributed by atoms with van der Waals surface area (Å²) in [6.07, 6.45) is 9.74. The average Bonchev–Trinajstić information content (AvgIpc) is 3.26. The Kier molecular flexibility index (Phi) is 20.0. The van der Waals surface area contributed by atoms with Crippen LogP contribution in [0.25, 0.3) is 0 Å². The number of Topliss-reactive ketones (excluding diaryl/α,β-unsaturated/α-hetero) is 4. The standard InChI is InChI=1S/C50H75NO13/c1-29-15-11-10-12-16-30(2)40(53)27-37-20-18-35(7)50(60,64-37)47(57)48(58)51-22-14-13-17-38(51)49(59)63-42(32(4)25-36-19-21-39(52)43(26-36)61-8)28-41(54)31(3)24-34(6)45(56)46(62-9)44(55)33(5)23-29/h10-12,15-16,24,29,31-33,35-39,42-43,45-46,52,56,60H,13-14,17-23,25-28H2,1-9H3/b12-10+,15-11-,30-16+,34-24+/t29-,31-,32-,33-,35-,36+,37+,38+,39-,42+,43-,45-,46+,50-/m1/s1. The third-order valence-electron chi connectivity index (χ3n) is 14.0. The topological polar surface area (TPSA) is 203 Å². The molecule has 0 spiro atoms. The number of hydrogen-bond donors (Lipinski definition) is 3. The van der Waals surface area contributed by atoms with Crippen LogP contribution in [0.5, 0.6) is 0 Å². The Hall–Kier alpha value is -3.66. The molecule has 3 fully saturated rings. The van der Waals surface area contributed by atoms with Gasteiger partial charge in [0, 0.05) is 51.4 Å². The summed E-state index contributed by atoms with van der Waals surface area (Å²) in [4.78, 5) is 84.6. The number of rotatable bonds is 5. The number of allylic oxidation sites excluding steroid dienone is 7. The van der Waals surface area contributed by atoms with Crippen molar-refractivity contribution < 1.29 is 63.0 Å². The van der Waals surface area contributed by atoms with Crippen LogP contribution in [0.1, 0.15) is 126 Å². The van der Waals surface area contributed by atoms with Crippen molar-refractivity contribution in [3.63, 3.8) is 0 Å². The van der Waals surface area contributed by atoms with Gasteiger partial charge in [0.1, 0.15) is 30.1 Å². The molecule has 14 heteroatoms. The van der Waals surface area contributed by atoms with Crippen LogP contribution in [0.2, 0.25) is 0 Å². The normalized spacial score (nSPS) is 39.7. The second-order valence-electron chi connectivity index (χ2n) is 19.2. The molecule has 0 aromatic carbocycles. The fraction of sp³-hybridized carbons (Fsp3) is 0.720. The zero-order valence-electron chi connectivity index (χ0n) is 39.5. The van der Waals surface area contributed by atoms with E-state index in [2.05, 4.69) is 0 Å². The van der Waals surface area contributed by atoms with Crippen molar-refractivity contribution in [1.82, 2.24) is 4.90 Å². The second kappa shape index (κ2) is 24.2. The van der Waals surface area contributed by atoms with E-state index >= 15 is 0 Å². The summed E-state index contributed by atoms with van der Waals surface area (Å²) in [7, 11) is 2.92. The highest BCUT2D eigenvalue weighted by molar-refractivity contribution is 6.39. The van der Waals surface area contributed by atoms with Crippen LogP contribution in [0.15, 0.2) is 47.6 Å². The molecule has 0 aromatic heterocycles. The lowest BCUT2D eigenvalue weighted by Crippen LogP contribution is -2.60. The maximum absolute atomic E-state index is 14.3. The summed E-state index contributed by atoms with van der Waals surface area (Å²) >= 11 is 0. The smallest absolute Gasteiger partial charge is 0.329 e. The van der Waals surface area contributed by atoms with Gasteiger partial charge in [0.25, 0.3) is 11.7 Å². The monoisotopic (exact) mass is 898 g/mol. The molecule has 1 saturated carbocycles. The summed E-state index contributed by atoms with van der Waals surface area (Å²) in [6.45, 7) is 12.3. The molecule has 3 N–H and O–H groups in total. The van der Waals surface area contributed by atoms with Gasteiger partial charge in [-0.25, -0.2) is 4.79 Å². The lowest BCUT2D eigenvalue weighted by Gasteiger charge is -2.42. The molecule has 0 aromatic rings. The van der Waals surface area contributed by atoms with E-state index in [9.17, 15) is 44.1 Å². The highest BCUT2D eigenvalue weighted by Gasteiger charge is 2.53. The van der Waals surface area contributed by atoms with Crippen LogP contribution in [0.4, 0.5) is 0 Å². The summed E-state index contributed by atoms with van der Waals surface area (Å²) in [5.41, 5.74) is 0.799. The molecular formula is C50H75NO13. The number of piperidine rings is 1. The van der Waals surface area contributed by atoms with Crippen molar-refractivity contribution in [2.24, 2.45) is 35.5 Å². The van der Waals surface area contributed by atoms with E-state index in [-0.39, 0.29) is 67.0 Å². The minimum atomic E-state index is -2.52. The van der Waals surface area contributed by atoms with Gasteiger partial charge in [0.05, 0.1) is 18.3 Å². The minimum Gasteiger partial charge on any atom is -0.460 e. The number of carbonyl (C=O) groups is 6. The van der Waals surface area contributed by atoms with E-state index in [0.717, 1.165) is 4.90 Å². The fourth-order valence-corrected chi connectivity index (χ4v) is 9.73. The molecule has 2 saturated heterocycles. The zero-order valence-corrected chi connectivity index (χ0v) is 39.5. The first kappa shape index (κ1) is 53.0. The fourth-order valence-electron chi connectivity index (χ4n) is 9.73. The molecule has 1 aliphatic carbocycles. The molecule has 0 radical (unpaired) electrons. The number of ether oxygens (including phenoxy) is 4. The summed E-state index contributed by atoms with van der Waals surface area (Å²) in [6, 6.07) is -1.17. The highest BCUT2D eigenvalue weighted by Crippen LogP contribution is 2.37. The predicted molar refractivity (Wildman–Crippen MR) is 239 cm³/mol. The first-order valence-electron chi connectivity index (χ1n) is 23.4. The summed E-state index contributed by atoms with van der Waals surface area (Å²) < 4.78 is 23.3. The average molecular weight is 898 g/mol. The van der Waals surface area contributed by atoms with Crippen molar-refractivity contribution >= 4 is 35.0 Å². The van der Waals surface area contributed by atoms with Crippen LogP contribution in [0, 0.1) is 35.5 Å². The van der Waals surface area contributed by atoms with E-state index in [0.29, 0.717) is 68.9 Å². The van der Waals surface area contributed by atoms with Crippen molar-refractivity contribution in [3.05, 3.63) is 47.6 Å². The van der Waals surface area contributed by atoms with Gasteiger partial charge in [-0.2, -0.15) is 0 Å². The van der Waals surface area contributed by atoms with E-state index in [1.165, 1.54) is 7.11 Å². The Morgan fingerprint density at radius 1 is 0.875 bits per heavy atom. The van der Waals surface area contributed by atoms with Crippen LogP contribution in [-0.2, 0) is 47.7 Å². The largest absolute Gasteiger partial charge is 0.460 e. The second-order valence-corrected chi connectivity index (χ2v) is 19.2. The van der Waals surface area contributed by atoms with E-state index < -0.39 is 77.8 Å². The third kappa shape index (κ3) is 13.7. The number of ketones is 4. The minimum absolute atomic E-state index is 0.0224. The lowest BCUT2D eigenvalue weighted by molar-refractivity contribution is -0.262. The number of fused-ring (bicyclic) bond motifs is 3. The van der Waals surface area contributed by atoms with Gasteiger partial charge >= 0.3 is 5.97 Å². The first-order valence-corrected chi connectivity index (χ1v) is 23.4. The van der Waals surface area contributed by atoms with Crippen molar-refractivity contribution in [2.45, 2.75) is 174 Å². The molecule has 3 heterocycles. The van der Waals surface area contributed by atoms with Gasteiger partial charge < -0.3 is 39.2 Å². The molecule has 14 atom stereocenters. The molecule has 4 rings (SSSR count). The molecule has 358 valence electrons. The Bertz CT molecular complexity index is 1780. The molecular weight excluding hydrogens is 823 g/mol. The lowest BCUT2D eigenvalue weighted by atomic mass is 9.78. The highest BCUT2D eigenvalue weighted by atomic mass is 16.6. The van der Waals surface area contributed by atoms with Gasteiger partial charge in [-0.05, 0) is 107 Å². The summed E-state index contributed by atoms with van der Waals surface area (Å²) in [5.74, 6) is -8.70. The van der Waals surface area contributed by atoms with Crippen molar-refractivity contribution in [3.8, 4) is 0 Å². The van der Waals surface area contributed by atoms with E-state index in [4.69, 9.17) is 18.9 Å². The van der Waals surface area contributed by atoms with Gasteiger partial charge in [-0.3, -0.25) is 24.0 Å². The molecule has 1 amide bonds. The number of methoxy groups -OCH3 is 2. The number of nitrogens with zero attached hydrogens (tertiary/aromatic N) is 1. The van der Waals surface area contributed by atoms with Crippen molar-refractivity contribution in [1.29, 1.82) is 0 Å². The maximum atomic E-state index is 14.3. The number of aliphatic hydroxyl groups excluding tert-OH is 2. The Morgan fingerprint density at radius 2 is 1.59 bits per heavy atom. The van der Waals surface area contributed by atoms with Crippen LogP contribution < -0.4 is 0 Å². The zero-order chi connectivity index (χ0) is 47.5. The first-order chi connectivity index (χ1) is 30.2. The Morgan fingerprint density at radius 3 is 2.28 bits per heavy atom. The molecule has 2 bridgehead atoms. The van der Waals surface area contributed by atoms with Crippen molar-refractivity contribution in [2.75, 3.05) is 20.8 Å². The number of aliphatic hydroxyl groups is 3. The van der Waals surface area contributed by atoms with E-state index in [1.54, 1.807) is 66.0 Å². The van der Waals surface area contributed by atoms with Crippen LogP contribution in [0.3, 0.4) is 0 Å². The number of hydrogen-bond acceptors (Lipinski definition) is 13. The predicted octanol–water partition coefficient (Wildman–Crippen LogP) is 5.73. The number of esters is 1. The molecule has 4 aliphatic rings. The quantitative estimate of drug-likeness (QED) is 0.172. The molecule has 3 aliphatic heterocycles. The molecule has 14 nitrogen and oxygen atoms in total. The summed E-state index contributed by atoms with van der Waals surface area (Å²) in [5, 5.41) is 33.6. The Labute approximate surface area is 379 Å². The number of carbonyl (C=O) groups excluding carboxylic acids is 6. The Balaban J connectivity index is 1.69. The van der Waals surface area contributed by atoms with Gasteiger partial charge in [-0.1, -0.05) is 71.1 Å². The number of amides is 1. The molecule has 64 heavy (non-hydrogen) atoms.